The van der Waals surface area contributed by atoms with Gasteiger partial charge in [-0.3, -0.25) is 4.79 Å². The van der Waals surface area contributed by atoms with Crippen molar-refractivity contribution in [3.63, 3.8) is 0 Å². The van der Waals surface area contributed by atoms with Gasteiger partial charge in [0.25, 0.3) is 5.91 Å². The van der Waals surface area contributed by atoms with Gasteiger partial charge >= 0.3 is 0 Å². The summed E-state index contributed by atoms with van der Waals surface area (Å²) in [5.74, 6) is 1.09. The maximum absolute atomic E-state index is 12.9. The van der Waals surface area contributed by atoms with Crippen molar-refractivity contribution in [1.29, 1.82) is 0 Å². The van der Waals surface area contributed by atoms with Crippen LogP contribution in [0.25, 0.3) is 11.0 Å². The van der Waals surface area contributed by atoms with E-state index in [1.54, 1.807) is 6.92 Å². The third-order valence-corrected chi connectivity index (χ3v) is 4.93. The Bertz CT molecular complexity index is 1130. The van der Waals surface area contributed by atoms with Crippen molar-refractivity contribution in [2.45, 2.75) is 26.9 Å². The van der Waals surface area contributed by atoms with E-state index in [4.69, 9.17) is 9.15 Å². The van der Waals surface area contributed by atoms with E-state index in [9.17, 15) is 4.79 Å². The van der Waals surface area contributed by atoms with Gasteiger partial charge in [0.15, 0.2) is 0 Å². The van der Waals surface area contributed by atoms with E-state index in [-0.39, 0.29) is 5.91 Å². The molecule has 1 aromatic heterocycles. The number of anilines is 1. The monoisotopic (exact) mass is 385 g/mol. The Balaban J connectivity index is 1.57. The van der Waals surface area contributed by atoms with Crippen molar-refractivity contribution < 1.29 is 13.9 Å². The zero-order valence-electron chi connectivity index (χ0n) is 16.6. The number of hydrogen-bond donors (Lipinski definition) is 1. The highest BCUT2D eigenvalue weighted by Gasteiger charge is 2.19. The first-order valence-corrected chi connectivity index (χ1v) is 9.74. The van der Waals surface area contributed by atoms with Crippen molar-refractivity contribution in [3.05, 3.63) is 95.2 Å². The van der Waals surface area contributed by atoms with Gasteiger partial charge in [0.1, 0.15) is 23.7 Å². The molecular formula is C25H23NO3. The SMILES string of the molecule is CCc1ccc(NC(=O)c2c(C)oc3ccc(OCc4ccccc4)cc23)cc1. The Labute approximate surface area is 170 Å². The van der Waals surface area contributed by atoms with Crippen LogP contribution < -0.4 is 10.1 Å². The van der Waals surface area contributed by atoms with Gasteiger partial charge in [-0.05, 0) is 54.8 Å². The molecule has 1 amide bonds. The number of aryl methyl sites for hydroxylation is 2. The number of ether oxygens (including phenoxy) is 1. The molecule has 0 unspecified atom stereocenters. The number of carbonyl (C=O) groups excluding carboxylic acids is 1. The van der Waals surface area contributed by atoms with Crippen molar-refractivity contribution in [2.24, 2.45) is 0 Å². The van der Waals surface area contributed by atoms with Crippen LogP contribution in [0.2, 0.25) is 0 Å². The number of amides is 1. The summed E-state index contributed by atoms with van der Waals surface area (Å²) >= 11 is 0. The summed E-state index contributed by atoms with van der Waals surface area (Å²) < 4.78 is 11.7. The second kappa shape index (κ2) is 8.23. The molecule has 1 N–H and O–H groups in total. The topological polar surface area (TPSA) is 51.5 Å². The summed E-state index contributed by atoms with van der Waals surface area (Å²) in [5, 5.41) is 3.71. The van der Waals surface area contributed by atoms with Gasteiger partial charge in [0.2, 0.25) is 0 Å². The minimum Gasteiger partial charge on any atom is -0.489 e. The summed E-state index contributed by atoms with van der Waals surface area (Å²) in [4.78, 5) is 12.9. The average Bonchev–Trinajstić information content (AvgIpc) is 3.08. The number of hydrogen-bond acceptors (Lipinski definition) is 3. The number of nitrogens with one attached hydrogen (secondary N) is 1. The maximum Gasteiger partial charge on any atom is 0.259 e. The highest BCUT2D eigenvalue weighted by atomic mass is 16.5. The molecule has 146 valence electrons. The van der Waals surface area contributed by atoms with E-state index in [0.29, 0.717) is 29.3 Å². The minimum absolute atomic E-state index is 0.189. The normalized spacial score (nSPS) is 10.8. The molecule has 0 saturated carbocycles. The first-order valence-electron chi connectivity index (χ1n) is 9.74. The lowest BCUT2D eigenvalue weighted by Gasteiger charge is -2.08. The number of carbonyl (C=O) groups is 1. The van der Waals surface area contributed by atoms with E-state index in [1.807, 2.05) is 72.8 Å². The lowest BCUT2D eigenvalue weighted by molar-refractivity contribution is 0.102. The van der Waals surface area contributed by atoms with Crippen LogP contribution in [0, 0.1) is 6.92 Å². The number of fused-ring (bicyclic) bond motifs is 1. The van der Waals surface area contributed by atoms with Crippen LogP contribution >= 0.6 is 0 Å². The number of rotatable bonds is 6. The molecule has 0 aliphatic carbocycles. The molecule has 3 aromatic carbocycles. The molecule has 0 aliphatic rings. The van der Waals surface area contributed by atoms with Crippen molar-refractivity contribution in [2.75, 3.05) is 5.32 Å². The summed E-state index contributed by atoms with van der Waals surface area (Å²) in [7, 11) is 0. The van der Waals surface area contributed by atoms with Gasteiger partial charge in [-0.25, -0.2) is 0 Å². The fourth-order valence-electron chi connectivity index (χ4n) is 3.33. The number of furan rings is 1. The minimum atomic E-state index is -0.189. The Kier molecular flexibility index (Phi) is 5.34. The molecule has 0 bridgehead atoms. The lowest BCUT2D eigenvalue weighted by Crippen LogP contribution is -2.12. The molecule has 29 heavy (non-hydrogen) atoms. The molecule has 1 heterocycles. The van der Waals surface area contributed by atoms with Crippen LogP contribution in [-0.4, -0.2) is 5.91 Å². The van der Waals surface area contributed by atoms with Gasteiger partial charge < -0.3 is 14.5 Å². The molecule has 0 atom stereocenters. The fourth-order valence-corrected chi connectivity index (χ4v) is 3.33. The fraction of sp³-hybridized carbons (Fsp3) is 0.160. The third kappa shape index (κ3) is 4.16. The summed E-state index contributed by atoms with van der Waals surface area (Å²) in [6, 6.07) is 23.4. The maximum atomic E-state index is 12.9. The van der Waals surface area contributed by atoms with Crippen LogP contribution in [0.3, 0.4) is 0 Å². The molecule has 0 saturated heterocycles. The number of benzene rings is 3. The van der Waals surface area contributed by atoms with Crippen molar-refractivity contribution in [3.8, 4) is 5.75 Å². The van der Waals surface area contributed by atoms with Gasteiger partial charge in [-0.15, -0.1) is 0 Å². The standard InChI is InChI=1S/C25H23NO3/c1-3-18-9-11-20(12-10-18)26-25(27)24-17(2)29-23-14-13-21(15-22(23)24)28-16-19-7-5-4-6-8-19/h4-15H,3,16H2,1-2H3,(H,26,27). The second-order valence-corrected chi connectivity index (χ2v) is 6.97. The predicted molar refractivity (Wildman–Crippen MR) is 115 cm³/mol. The lowest BCUT2D eigenvalue weighted by atomic mass is 10.1. The molecular weight excluding hydrogens is 362 g/mol. The Morgan fingerprint density at radius 3 is 2.45 bits per heavy atom. The van der Waals surface area contributed by atoms with E-state index >= 15 is 0 Å². The van der Waals surface area contributed by atoms with Gasteiger partial charge in [0, 0.05) is 11.1 Å². The molecule has 0 aliphatic heterocycles. The molecule has 4 nitrogen and oxygen atoms in total. The van der Waals surface area contributed by atoms with Gasteiger partial charge in [0.05, 0.1) is 5.56 Å². The first kappa shape index (κ1) is 18.8. The van der Waals surface area contributed by atoms with E-state index in [1.165, 1.54) is 5.56 Å². The van der Waals surface area contributed by atoms with Crippen LogP contribution in [0.15, 0.2) is 77.2 Å². The van der Waals surface area contributed by atoms with Crippen LogP contribution in [-0.2, 0) is 13.0 Å². The molecule has 4 aromatic rings. The molecule has 0 fully saturated rings. The molecule has 0 spiro atoms. The molecule has 0 radical (unpaired) electrons. The van der Waals surface area contributed by atoms with E-state index in [2.05, 4.69) is 12.2 Å². The molecule has 4 rings (SSSR count). The van der Waals surface area contributed by atoms with E-state index in [0.717, 1.165) is 23.1 Å². The van der Waals surface area contributed by atoms with Gasteiger partial charge in [-0.1, -0.05) is 49.4 Å². The first-order chi connectivity index (χ1) is 14.1. The summed E-state index contributed by atoms with van der Waals surface area (Å²) in [6.07, 6.45) is 0.964. The highest BCUT2D eigenvalue weighted by molar-refractivity contribution is 6.13. The third-order valence-electron chi connectivity index (χ3n) is 4.93. The summed E-state index contributed by atoms with van der Waals surface area (Å²) in [5.41, 5.74) is 4.28. The highest BCUT2D eigenvalue weighted by Crippen LogP contribution is 2.30. The Hall–Kier alpha value is -3.53. The van der Waals surface area contributed by atoms with Crippen LogP contribution in [0.4, 0.5) is 5.69 Å². The average molecular weight is 385 g/mol. The summed E-state index contributed by atoms with van der Waals surface area (Å²) in [6.45, 7) is 4.38. The molecule has 4 heteroatoms. The zero-order chi connectivity index (χ0) is 20.2. The Morgan fingerprint density at radius 1 is 0.966 bits per heavy atom. The quantitative estimate of drug-likeness (QED) is 0.434. The van der Waals surface area contributed by atoms with Crippen LogP contribution in [0.1, 0.15) is 34.2 Å². The van der Waals surface area contributed by atoms with E-state index < -0.39 is 0 Å². The second-order valence-electron chi connectivity index (χ2n) is 6.97. The van der Waals surface area contributed by atoms with Crippen LogP contribution in [0.5, 0.6) is 5.75 Å². The van der Waals surface area contributed by atoms with Crippen molar-refractivity contribution in [1.82, 2.24) is 0 Å². The smallest absolute Gasteiger partial charge is 0.259 e. The largest absolute Gasteiger partial charge is 0.489 e. The Morgan fingerprint density at radius 2 is 1.72 bits per heavy atom. The van der Waals surface area contributed by atoms with Crippen molar-refractivity contribution >= 4 is 22.6 Å². The zero-order valence-corrected chi connectivity index (χ0v) is 16.6. The van der Waals surface area contributed by atoms with Gasteiger partial charge in [-0.2, -0.15) is 0 Å². The predicted octanol–water partition coefficient (Wildman–Crippen LogP) is 6.13.